The summed E-state index contributed by atoms with van der Waals surface area (Å²) >= 11 is 0. The number of aryl methyl sites for hydroxylation is 3. The van der Waals surface area contributed by atoms with Gasteiger partial charge in [-0.15, -0.1) is 0 Å². The number of hydrogen-bond acceptors (Lipinski definition) is 3. The van der Waals surface area contributed by atoms with Gasteiger partial charge in [-0.05, 0) is 44.2 Å². The van der Waals surface area contributed by atoms with Crippen LogP contribution in [0, 0.1) is 19.8 Å². The summed E-state index contributed by atoms with van der Waals surface area (Å²) in [5, 5.41) is 0. The molecule has 0 aromatic heterocycles. The molecule has 1 aromatic carbocycles. The fourth-order valence-corrected chi connectivity index (χ4v) is 3.94. The molecule has 0 radical (unpaired) electrons. The van der Waals surface area contributed by atoms with Gasteiger partial charge in [0.1, 0.15) is 0 Å². The van der Waals surface area contributed by atoms with Crippen LogP contribution in [0.5, 0.6) is 0 Å². The van der Waals surface area contributed by atoms with Crippen molar-refractivity contribution in [2.75, 3.05) is 39.4 Å². The van der Waals surface area contributed by atoms with Crippen LogP contribution in [0.4, 0.5) is 0 Å². The van der Waals surface area contributed by atoms with E-state index in [0.29, 0.717) is 45.8 Å². The van der Waals surface area contributed by atoms with Gasteiger partial charge in [0.2, 0.25) is 11.8 Å². The summed E-state index contributed by atoms with van der Waals surface area (Å²) in [5.74, 6) is 0.523. The highest BCUT2D eigenvalue weighted by atomic mass is 16.5. The van der Waals surface area contributed by atoms with Crippen LogP contribution >= 0.6 is 0 Å². The predicted molar refractivity (Wildman–Crippen MR) is 101 cm³/mol. The van der Waals surface area contributed by atoms with E-state index in [1.807, 2.05) is 9.80 Å². The Morgan fingerprint density at radius 1 is 1.04 bits per heavy atom. The molecule has 0 atom stereocenters. The number of morpholine rings is 1. The molecular formula is C21H30N2O3. The number of likely N-dealkylation sites (tertiary alicyclic amines) is 1. The molecule has 2 heterocycles. The zero-order valence-corrected chi connectivity index (χ0v) is 16.0. The van der Waals surface area contributed by atoms with Gasteiger partial charge in [-0.1, -0.05) is 23.8 Å². The number of amides is 2. The number of carbonyl (C=O) groups is 2. The first-order valence-electron chi connectivity index (χ1n) is 9.75. The molecule has 1 aromatic rings. The van der Waals surface area contributed by atoms with Gasteiger partial charge in [0, 0.05) is 38.5 Å². The van der Waals surface area contributed by atoms with E-state index in [1.54, 1.807) is 0 Å². The van der Waals surface area contributed by atoms with Gasteiger partial charge in [0.15, 0.2) is 0 Å². The highest BCUT2D eigenvalue weighted by molar-refractivity contribution is 5.80. The summed E-state index contributed by atoms with van der Waals surface area (Å²) in [6, 6.07) is 6.41. The molecule has 2 aliphatic rings. The minimum atomic E-state index is 0.0662. The van der Waals surface area contributed by atoms with E-state index in [2.05, 4.69) is 32.0 Å². The number of rotatable bonds is 4. The van der Waals surface area contributed by atoms with Gasteiger partial charge in [-0.3, -0.25) is 9.59 Å². The lowest BCUT2D eigenvalue weighted by Gasteiger charge is -2.35. The van der Waals surface area contributed by atoms with E-state index < -0.39 is 0 Å². The number of hydrogen-bond donors (Lipinski definition) is 0. The summed E-state index contributed by atoms with van der Waals surface area (Å²) in [6.07, 6.45) is 2.90. The lowest BCUT2D eigenvalue weighted by molar-refractivity contribution is -0.143. The van der Waals surface area contributed by atoms with Crippen LogP contribution in [0.15, 0.2) is 18.2 Å². The molecule has 0 aliphatic carbocycles. The molecule has 2 aliphatic heterocycles. The van der Waals surface area contributed by atoms with Gasteiger partial charge in [0.05, 0.1) is 13.2 Å². The molecule has 0 saturated carbocycles. The third-order valence-corrected chi connectivity index (χ3v) is 5.63. The van der Waals surface area contributed by atoms with E-state index in [4.69, 9.17) is 4.74 Å². The average molecular weight is 358 g/mol. The number of carbonyl (C=O) groups excluding carboxylic acids is 2. The first-order chi connectivity index (χ1) is 12.5. The Morgan fingerprint density at radius 3 is 2.38 bits per heavy atom. The van der Waals surface area contributed by atoms with Crippen molar-refractivity contribution in [1.29, 1.82) is 0 Å². The monoisotopic (exact) mass is 358 g/mol. The maximum absolute atomic E-state index is 12.6. The number of nitrogens with zero attached hydrogens (tertiary/aromatic N) is 2. The van der Waals surface area contributed by atoms with Crippen LogP contribution in [0.3, 0.4) is 0 Å². The molecule has 2 saturated heterocycles. The highest BCUT2D eigenvalue weighted by Gasteiger charge is 2.30. The molecule has 26 heavy (non-hydrogen) atoms. The Balaban J connectivity index is 1.45. The van der Waals surface area contributed by atoms with Crippen LogP contribution in [0.1, 0.15) is 36.0 Å². The molecule has 5 nitrogen and oxygen atoms in total. The summed E-state index contributed by atoms with van der Waals surface area (Å²) in [6.45, 7) is 8.28. The average Bonchev–Trinajstić information content (AvgIpc) is 2.67. The molecule has 0 spiro atoms. The van der Waals surface area contributed by atoms with E-state index >= 15 is 0 Å². The van der Waals surface area contributed by atoms with Crippen molar-refractivity contribution in [3.8, 4) is 0 Å². The van der Waals surface area contributed by atoms with Crippen molar-refractivity contribution in [2.45, 2.75) is 39.5 Å². The third-order valence-electron chi connectivity index (χ3n) is 5.63. The summed E-state index contributed by atoms with van der Waals surface area (Å²) < 4.78 is 5.32. The Morgan fingerprint density at radius 2 is 1.73 bits per heavy atom. The van der Waals surface area contributed by atoms with Crippen LogP contribution in [0.25, 0.3) is 0 Å². The van der Waals surface area contributed by atoms with Gasteiger partial charge >= 0.3 is 0 Å². The van der Waals surface area contributed by atoms with E-state index in [-0.39, 0.29) is 17.7 Å². The van der Waals surface area contributed by atoms with Crippen LogP contribution < -0.4 is 0 Å². The SMILES string of the molecule is Cc1ccc(CCC(=O)N2CCC(C(=O)N3CCOCC3)CC2)c(C)c1. The molecule has 142 valence electrons. The topological polar surface area (TPSA) is 49.9 Å². The first kappa shape index (κ1) is 18.9. The van der Waals surface area contributed by atoms with Crippen molar-refractivity contribution >= 4 is 11.8 Å². The van der Waals surface area contributed by atoms with E-state index in [1.165, 1.54) is 16.7 Å². The largest absolute Gasteiger partial charge is 0.378 e. The minimum Gasteiger partial charge on any atom is -0.378 e. The molecule has 0 unspecified atom stereocenters. The molecule has 0 bridgehead atoms. The van der Waals surface area contributed by atoms with E-state index in [0.717, 1.165) is 19.3 Å². The fourth-order valence-electron chi connectivity index (χ4n) is 3.94. The number of benzene rings is 1. The fraction of sp³-hybridized carbons (Fsp3) is 0.619. The smallest absolute Gasteiger partial charge is 0.225 e. The molecule has 2 fully saturated rings. The molecule has 0 N–H and O–H groups in total. The standard InChI is InChI=1S/C21H30N2O3/c1-16-3-4-18(17(2)15-16)5-6-20(24)22-9-7-19(8-10-22)21(25)23-11-13-26-14-12-23/h3-4,15,19H,5-14H2,1-2H3. The second-order valence-electron chi connectivity index (χ2n) is 7.52. The van der Waals surface area contributed by atoms with Gasteiger partial charge in [-0.2, -0.15) is 0 Å². The quantitative estimate of drug-likeness (QED) is 0.830. The van der Waals surface area contributed by atoms with Crippen LogP contribution in [-0.4, -0.2) is 61.0 Å². The molecule has 5 heteroatoms. The second kappa shape index (κ2) is 8.67. The summed E-state index contributed by atoms with van der Waals surface area (Å²) in [4.78, 5) is 29.0. The number of ether oxygens (including phenoxy) is 1. The Hall–Kier alpha value is -1.88. The minimum absolute atomic E-state index is 0.0662. The Kier molecular flexibility index (Phi) is 6.30. The summed E-state index contributed by atoms with van der Waals surface area (Å²) in [5.41, 5.74) is 3.76. The molecule has 3 rings (SSSR count). The second-order valence-corrected chi connectivity index (χ2v) is 7.52. The first-order valence-corrected chi connectivity index (χ1v) is 9.75. The normalized spacial score (nSPS) is 18.8. The van der Waals surface area contributed by atoms with Gasteiger partial charge in [-0.25, -0.2) is 0 Å². The Labute approximate surface area is 156 Å². The lowest BCUT2D eigenvalue weighted by Crippen LogP contribution is -2.47. The van der Waals surface area contributed by atoms with Crippen LogP contribution in [-0.2, 0) is 20.7 Å². The third kappa shape index (κ3) is 4.64. The van der Waals surface area contributed by atoms with Crippen molar-refractivity contribution in [2.24, 2.45) is 5.92 Å². The maximum Gasteiger partial charge on any atom is 0.225 e. The van der Waals surface area contributed by atoms with Crippen molar-refractivity contribution in [3.05, 3.63) is 34.9 Å². The molecule has 2 amide bonds. The number of piperidine rings is 1. The molecular weight excluding hydrogens is 328 g/mol. The zero-order valence-electron chi connectivity index (χ0n) is 16.0. The zero-order chi connectivity index (χ0) is 18.5. The van der Waals surface area contributed by atoms with Crippen LogP contribution in [0.2, 0.25) is 0 Å². The summed E-state index contributed by atoms with van der Waals surface area (Å²) in [7, 11) is 0. The van der Waals surface area contributed by atoms with Crippen molar-refractivity contribution in [3.63, 3.8) is 0 Å². The van der Waals surface area contributed by atoms with Gasteiger partial charge in [0.25, 0.3) is 0 Å². The Bertz CT molecular complexity index is 645. The maximum atomic E-state index is 12.6. The highest BCUT2D eigenvalue weighted by Crippen LogP contribution is 2.21. The van der Waals surface area contributed by atoms with E-state index in [9.17, 15) is 9.59 Å². The van der Waals surface area contributed by atoms with Crippen molar-refractivity contribution < 1.29 is 14.3 Å². The van der Waals surface area contributed by atoms with Gasteiger partial charge < -0.3 is 14.5 Å². The van der Waals surface area contributed by atoms with Crippen molar-refractivity contribution in [1.82, 2.24) is 9.80 Å². The predicted octanol–water partition coefficient (Wildman–Crippen LogP) is 2.33. The lowest BCUT2D eigenvalue weighted by atomic mass is 9.94.